The number of rotatable bonds is 10. The molecule has 0 radical (unpaired) electrons. The molecule has 3 N–H and O–H groups in total. The van der Waals surface area contributed by atoms with Crippen LogP contribution in [0.5, 0.6) is 5.75 Å². The standard InChI is InChI=1S/C27H27F4N3O2/c1-3-4-18-5-7-19(8-6-18)25(17(2)33-26(35)27(29,30)31)36-23-13-14-24(20(15-23)16-32)34-22-11-9-21(28)10-12-22/h5-17,25,32,34H,3-4H2,1-2H3,(H,33,35)/t17-,25-/m0/s1. The van der Waals surface area contributed by atoms with Gasteiger partial charge in [0.25, 0.3) is 0 Å². The van der Waals surface area contributed by atoms with Gasteiger partial charge < -0.3 is 20.8 Å². The maximum atomic E-state index is 13.2. The second kappa shape index (κ2) is 11.7. The summed E-state index contributed by atoms with van der Waals surface area (Å²) < 4.78 is 57.9. The Balaban J connectivity index is 1.88. The van der Waals surface area contributed by atoms with Crippen LogP contribution in [0.3, 0.4) is 0 Å². The lowest BCUT2D eigenvalue weighted by Crippen LogP contribution is -2.45. The van der Waals surface area contributed by atoms with Gasteiger partial charge in [-0.3, -0.25) is 4.79 Å². The van der Waals surface area contributed by atoms with Crippen molar-refractivity contribution in [2.45, 2.75) is 45.0 Å². The molecule has 0 saturated heterocycles. The molecule has 190 valence electrons. The van der Waals surface area contributed by atoms with E-state index in [1.54, 1.807) is 42.5 Å². The molecule has 2 atom stereocenters. The van der Waals surface area contributed by atoms with Crippen molar-refractivity contribution in [3.63, 3.8) is 0 Å². The van der Waals surface area contributed by atoms with Crippen LogP contribution in [0.1, 0.15) is 43.1 Å². The van der Waals surface area contributed by atoms with E-state index in [1.165, 1.54) is 19.1 Å². The summed E-state index contributed by atoms with van der Waals surface area (Å²) in [6, 6.07) is 16.8. The average molecular weight is 502 g/mol. The second-order valence-corrected chi connectivity index (χ2v) is 8.32. The first kappa shape index (κ1) is 26.7. The fourth-order valence-corrected chi connectivity index (χ4v) is 3.67. The number of hydrogen-bond donors (Lipinski definition) is 3. The summed E-state index contributed by atoms with van der Waals surface area (Å²) in [5.41, 5.74) is 3.29. The van der Waals surface area contributed by atoms with Crippen molar-refractivity contribution < 1.29 is 27.1 Å². The van der Waals surface area contributed by atoms with Crippen molar-refractivity contribution in [1.82, 2.24) is 5.32 Å². The van der Waals surface area contributed by atoms with Crippen LogP contribution in [0.15, 0.2) is 66.7 Å². The highest BCUT2D eigenvalue weighted by atomic mass is 19.4. The van der Waals surface area contributed by atoms with E-state index in [0.717, 1.165) is 24.6 Å². The Labute approximate surface area is 207 Å². The highest BCUT2D eigenvalue weighted by Crippen LogP contribution is 2.30. The summed E-state index contributed by atoms with van der Waals surface area (Å²) >= 11 is 0. The van der Waals surface area contributed by atoms with Gasteiger partial charge in [0, 0.05) is 23.2 Å². The number of carbonyl (C=O) groups excluding carboxylic acids is 1. The van der Waals surface area contributed by atoms with Gasteiger partial charge in [-0.05, 0) is 66.9 Å². The zero-order valence-electron chi connectivity index (χ0n) is 19.8. The van der Waals surface area contributed by atoms with Crippen LogP contribution in [0.25, 0.3) is 0 Å². The largest absolute Gasteiger partial charge is 0.484 e. The van der Waals surface area contributed by atoms with E-state index in [1.807, 2.05) is 24.4 Å². The minimum absolute atomic E-state index is 0.300. The first-order chi connectivity index (χ1) is 17.1. The molecule has 9 heteroatoms. The van der Waals surface area contributed by atoms with Gasteiger partial charge in [-0.2, -0.15) is 13.2 Å². The fourth-order valence-electron chi connectivity index (χ4n) is 3.67. The Kier molecular flexibility index (Phi) is 8.68. The predicted octanol–water partition coefficient (Wildman–Crippen LogP) is 6.71. The van der Waals surface area contributed by atoms with Crippen LogP contribution >= 0.6 is 0 Å². The number of aryl methyl sites for hydroxylation is 1. The summed E-state index contributed by atoms with van der Waals surface area (Å²) in [6.45, 7) is 3.49. The lowest BCUT2D eigenvalue weighted by atomic mass is 10.00. The van der Waals surface area contributed by atoms with Gasteiger partial charge in [0.15, 0.2) is 0 Å². The van der Waals surface area contributed by atoms with Crippen LogP contribution in [0, 0.1) is 11.2 Å². The van der Waals surface area contributed by atoms with Crippen molar-refractivity contribution in [3.05, 3.63) is 89.2 Å². The molecule has 5 nitrogen and oxygen atoms in total. The Bertz CT molecular complexity index is 1180. The zero-order valence-corrected chi connectivity index (χ0v) is 19.8. The second-order valence-electron chi connectivity index (χ2n) is 8.32. The van der Waals surface area contributed by atoms with E-state index in [0.29, 0.717) is 28.3 Å². The molecule has 0 aliphatic heterocycles. The van der Waals surface area contributed by atoms with Crippen LogP contribution in [-0.4, -0.2) is 24.3 Å². The molecule has 1 amide bonds. The molecule has 0 heterocycles. The molecule has 0 saturated carbocycles. The number of halogens is 4. The molecule has 36 heavy (non-hydrogen) atoms. The summed E-state index contributed by atoms with van der Waals surface area (Å²) in [7, 11) is 0. The SMILES string of the molecule is CCCc1ccc([C@@H](Oc2ccc(Nc3ccc(F)cc3)c(C=N)c2)[C@H](C)NC(=O)C(F)(F)F)cc1. The molecule has 3 aromatic rings. The summed E-state index contributed by atoms with van der Waals surface area (Å²) in [6.07, 6.45) is -3.05. The van der Waals surface area contributed by atoms with Gasteiger partial charge in [-0.1, -0.05) is 37.6 Å². The molecule has 0 bridgehead atoms. The number of hydrogen-bond acceptors (Lipinski definition) is 4. The molecule has 3 aromatic carbocycles. The Morgan fingerprint density at radius 2 is 1.72 bits per heavy atom. The van der Waals surface area contributed by atoms with Crippen LogP contribution < -0.4 is 15.4 Å². The highest BCUT2D eigenvalue weighted by Gasteiger charge is 2.40. The number of amides is 1. The van der Waals surface area contributed by atoms with E-state index in [9.17, 15) is 22.4 Å². The van der Waals surface area contributed by atoms with Gasteiger partial charge >= 0.3 is 12.1 Å². The molecule has 0 aliphatic rings. The molecule has 3 rings (SSSR count). The fraction of sp³-hybridized carbons (Fsp3) is 0.259. The van der Waals surface area contributed by atoms with Crippen LogP contribution in [0.2, 0.25) is 0 Å². The lowest BCUT2D eigenvalue weighted by Gasteiger charge is -2.27. The van der Waals surface area contributed by atoms with Crippen molar-refractivity contribution in [1.29, 1.82) is 5.41 Å². The first-order valence-electron chi connectivity index (χ1n) is 11.4. The van der Waals surface area contributed by atoms with Crippen molar-refractivity contribution in [2.75, 3.05) is 5.32 Å². The Morgan fingerprint density at radius 1 is 1.06 bits per heavy atom. The van der Waals surface area contributed by atoms with Crippen molar-refractivity contribution in [3.8, 4) is 5.75 Å². The quantitative estimate of drug-likeness (QED) is 0.214. The number of anilines is 2. The molecule has 0 aromatic heterocycles. The summed E-state index contributed by atoms with van der Waals surface area (Å²) in [5, 5.41) is 12.8. The number of nitrogens with one attached hydrogen (secondary N) is 3. The minimum Gasteiger partial charge on any atom is -0.484 e. The van der Waals surface area contributed by atoms with Gasteiger partial charge in [0.1, 0.15) is 17.7 Å². The highest BCUT2D eigenvalue weighted by molar-refractivity contribution is 5.88. The maximum absolute atomic E-state index is 13.2. The van der Waals surface area contributed by atoms with Crippen LogP contribution in [0.4, 0.5) is 28.9 Å². The molecule has 0 spiro atoms. The first-order valence-corrected chi connectivity index (χ1v) is 11.4. The number of benzene rings is 3. The lowest BCUT2D eigenvalue weighted by molar-refractivity contribution is -0.174. The van der Waals surface area contributed by atoms with E-state index >= 15 is 0 Å². The Hall–Kier alpha value is -3.88. The summed E-state index contributed by atoms with van der Waals surface area (Å²) in [4.78, 5) is 11.6. The van der Waals surface area contributed by atoms with Gasteiger partial charge in [0.2, 0.25) is 0 Å². The topological polar surface area (TPSA) is 74.2 Å². The number of alkyl halides is 3. The molecule has 0 fully saturated rings. The third-order valence-corrected chi connectivity index (χ3v) is 5.48. The van der Waals surface area contributed by atoms with E-state index in [-0.39, 0.29) is 5.82 Å². The third kappa shape index (κ3) is 7.07. The number of carbonyl (C=O) groups is 1. The normalized spacial score (nSPS) is 12.9. The van der Waals surface area contributed by atoms with Gasteiger partial charge in [0.05, 0.1) is 6.04 Å². The molecule has 0 aliphatic carbocycles. The van der Waals surface area contributed by atoms with E-state index in [2.05, 4.69) is 5.32 Å². The summed E-state index contributed by atoms with van der Waals surface area (Å²) in [5.74, 6) is -2.13. The monoisotopic (exact) mass is 501 g/mol. The zero-order chi connectivity index (χ0) is 26.3. The Morgan fingerprint density at radius 3 is 2.31 bits per heavy atom. The van der Waals surface area contributed by atoms with Gasteiger partial charge in [-0.25, -0.2) is 4.39 Å². The van der Waals surface area contributed by atoms with Crippen LogP contribution in [-0.2, 0) is 11.2 Å². The van der Waals surface area contributed by atoms with Crippen molar-refractivity contribution in [2.24, 2.45) is 0 Å². The minimum atomic E-state index is -5.02. The van der Waals surface area contributed by atoms with E-state index in [4.69, 9.17) is 10.1 Å². The van der Waals surface area contributed by atoms with Gasteiger partial charge in [-0.15, -0.1) is 0 Å². The van der Waals surface area contributed by atoms with Crippen molar-refractivity contribution >= 4 is 23.5 Å². The number of ether oxygens (including phenoxy) is 1. The van der Waals surface area contributed by atoms with E-state index < -0.39 is 24.2 Å². The molecular weight excluding hydrogens is 474 g/mol. The third-order valence-electron chi connectivity index (χ3n) is 5.48. The maximum Gasteiger partial charge on any atom is 0.471 e. The smallest absolute Gasteiger partial charge is 0.471 e. The molecule has 0 unspecified atom stereocenters. The predicted molar refractivity (Wildman–Crippen MR) is 131 cm³/mol. The average Bonchev–Trinajstić information content (AvgIpc) is 2.84. The molecular formula is C27H27F4N3O2.